The number of para-hydroxylation sites is 1. The van der Waals surface area contributed by atoms with E-state index in [4.69, 9.17) is 11.6 Å². The van der Waals surface area contributed by atoms with Crippen molar-refractivity contribution < 1.29 is 0 Å². The first kappa shape index (κ1) is 11.2. The molecule has 2 heterocycles. The molecule has 0 N–H and O–H groups in total. The van der Waals surface area contributed by atoms with Gasteiger partial charge in [0.05, 0.1) is 21.9 Å². The second-order valence-corrected chi connectivity index (χ2v) is 4.50. The lowest BCUT2D eigenvalue weighted by atomic mass is 10.1. The van der Waals surface area contributed by atoms with Crippen LogP contribution in [0.25, 0.3) is 22.3 Å². The van der Waals surface area contributed by atoms with Gasteiger partial charge in [0, 0.05) is 17.1 Å². The maximum absolute atomic E-state index is 6.15. The summed E-state index contributed by atoms with van der Waals surface area (Å²) in [6, 6.07) is 16.6. The third kappa shape index (κ3) is 1.95. The lowest BCUT2D eigenvalue weighted by Crippen LogP contribution is -1.90. The molecule has 87 valence electrons. The van der Waals surface area contributed by atoms with Gasteiger partial charge in [-0.3, -0.25) is 4.98 Å². The molecule has 0 bridgehead atoms. The maximum atomic E-state index is 6.15. The van der Waals surface area contributed by atoms with Gasteiger partial charge < -0.3 is 0 Å². The number of fused-ring (bicyclic) bond motifs is 1. The molecule has 0 spiro atoms. The van der Waals surface area contributed by atoms with Crippen molar-refractivity contribution in [2.75, 3.05) is 0 Å². The number of halogens is 1. The van der Waals surface area contributed by atoms with E-state index in [1.807, 2.05) is 49.4 Å². The molecule has 0 atom stereocenters. The van der Waals surface area contributed by atoms with E-state index in [1.54, 1.807) is 0 Å². The predicted octanol–water partition coefficient (Wildman–Crippen LogP) is 4.06. The summed E-state index contributed by atoms with van der Waals surface area (Å²) in [6.45, 7) is 1.96. The summed E-state index contributed by atoms with van der Waals surface area (Å²) in [7, 11) is 0. The predicted molar refractivity (Wildman–Crippen MR) is 73.6 cm³/mol. The van der Waals surface area contributed by atoms with Crippen LogP contribution >= 0.6 is 11.6 Å². The molecule has 0 saturated heterocycles. The summed E-state index contributed by atoms with van der Waals surface area (Å²) in [5.41, 5.74) is 3.29. The smallest absolute Gasteiger partial charge is 0.0973 e. The average molecular weight is 254 g/mol. The maximum Gasteiger partial charge on any atom is 0.0973 e. The van der Waals surface area contributed by atoms with Crippen LogP contribution in [0.3, 0.4) is 0 Å². The number of aryl methyl sites for hydroxylation is 1. The molecule has 1 aromatic carbocycles. The Morgan fingerprint density at radius 3 is 2.72 bits per heavy atom. The highest BCUT2D eigenvalue weighted by molar-refractivity contribution is 6.35. The lowest BCUT2D eigenvalue weighted by Gasteiger charge is -2.04. The second kappa shape index (κ2) is 4.39. The normalized spacial score (nSPS) is 10.8. The monoisotopic (exact) mass is 253 g/mol. The summed E-state index contributed by atoms with van der Waals surface area (Å²) in [5, 5.41) is 1.63. The summed E-state index contributed by atoms with van der Waals surface area (Å²) in [4.78, 5) is 8.98. The van der Waals surface area contributed by atoms with Crippen molar-refractivity contribution in [3.63, 3.8) is 0 Å². The van der Waals surface area contributed by atoms with Crippen molar-refractivity contribution in [3.05, 3.63) is 59.2 Å². The minimum absolute atomic E-state index is 0.649. The number of nitrogens with zero attached hydrogens (tertiary/aromatic N) is 2. The molecule has 0 fully saturated rings. The molecular weight excluding hydrogens is 244 g/mol. The quantitative estimate of drug-likeness (QED) is 0.654. The van der Waals surface area contributed by atoms with Crippen LogP contribution in [-0.2, 0) is 0 Å². The van der Waals surface area contributed by atoms with E-state index in [0.717, 1.165) is 28.0 Å². The summed E-state index contributed by atoms with van der Waals surface area (Å²) in [5.74, 6) is 0. The molecule has 1 radical (unpaired) electrons. The van der Waals surface area contributed by atoms with E-state index >= 15 is 0 Å². The Labute approximate surface area is 110 Å². The molecule has 0 unspecified atom stereocenters. The third-order valence-electron chi connectivity index (χ3n) is 2.74. The van der Waals surface area contributed by atoms with Crippen LogP contribution in [0, 0.1) is 13.0 Å². The van der Waals surface area contributed by atoms with Gasteiger partial charge in [0.15, 0.2) is 0 Å². The van der Waals surface area contributed by atoms with E-state index in [1.165, 1.54) is 0 Å². The molecule has 0 aliphatic carbocycles. The fourth-order valence-electron chi connectivity index (χ4n) is 1.86. The molecule has 18 heavy (non-hydrogen) atoms. The van der Waals surface area contributed by atoms with Crippen LogP contribution in [0.4, 0.5) is 0 Å². The molecule has 0 saturated carbocycles. The van der Waals surface area contributed by atoms with Crippen molar-refractivity contribution in [2.45, 2.75) is 6.92 Å². The Balaban J connectivity index is 2.22. The van der Waals surface area contributed by atoms with E-state index in [-0.39, 0.29) is 0 Å². The summed E-state index contributed by atoms with van der Waals surface area (Å²) in [6.07, 6.45) is 0. The fourth-order valence-corrected chi connectivity index (χ4v) is 2.09. The highest BCUT2D eigenvalue weighted by Gasteiger charge is 2.05. The van der Waals surface area contributed by atoms with Crippen LogP contribution in [0.5, 0.6) is 0 Å². The number of aromatic nitrogens is 2. The van der Waals surface area contributed by atoms with E-state index < -0.39 is 0 Å². The molecule has 0 aliphatic heterocycles. The average Bonchev–Trinajstić information content (AvgIpc) is 2.39. The van der Waals surface area contributed by atoms with Gasteiger partial charge in [-0.2, -0.15) is 0 Å². The number of pyridine rings is 2. The van der Waals surface area contributed by atoms with Crippen molar-refractivity contribution in [1.29, 1.82) is 0 Å². The molecule has 3 aromatic rings. The Kier molecular flexibility index (Phi) is 2.73. The van der Waals surface area contributed by atoms with Crippen LogP contribution in [0.15, 0.2) is 42.5 Å². The topological polar surface area (TPSA) is 25.8 Å². The number of benzene rings is 1. The van der Waals surface area contributed by atoms with Gasteiger partial charge in [-0.25, -0.2) is 4.98 Å². The van der Waals surface area contributed by atoms with Crippen molar-refractivity contribution in [3.8, 4) is 11.4 Å². The number of hydrogen-bond donors (Lipinski definition) is 0. The Morgan fingerprint density at radius 2 is 1.89 bits per heavy atom. The first-order valence-electron chi connectivity index (χ1n) is 5.65. The number of hydrogen-bond acceptors (Lipinski definition) is 2. The minimum Gasteiger partial charge on any atom is -0.251 e. The standard InChI is InChI=1S/C15H10ClN2/c1-10-4-2-7-13(17-10)14-9-8-11-5-3-6-12(16)15(11)18-14/h2-8H,1H3. The van der Waals surface area contributed by atoms with Gasteiger partial charge >= 0.3 is 0 Å². The number of rotatable bonds is 1. The van der Waals surface area contributed by atoms with Gasteiger partial charge in [-0.05, 0) is 31.2 Å². The van der Waals surface area contributed by atoms with Gasteiger partial charge in [0.2, 0.25) is 0 Å². The van der Waals surface area contributed by atoms with Crippen LogP contribution < -0.4 is 0 Å². The highest BCUT2D eigenvalue weighted by atomic mass is 35.5. The first-order valence-corrected chi connectivity index (χ1v) is 6.03. The van der Waals surface area contributed by atoms with Crippen molar-refractivity contribution in [2.24, 2.45) is 0 Å². The molecule has 3 rings (SSSR count). The molecule has 2 aromatic heterocycles. The van der Waals surface area contributed by atoms with Gasteiger partial charge in [-0.15, -0.1) is 0 Å². The van der Waals surface area contributed by atoms with Gasteiger partial charge in [0.25, 0.3) is 0 Å². The van der Waals surface area contributed by atoms with Crippen LogP contribution in [0.2, 0.25) is 5.02 Å². The molecule has 3 heteroatoms. The molecule has 2 nitrogen and oxygen atoms in total. The molecular formula is C15H10ClN2. The second-order valence-electron chi connectivity index (χ2n) is 4.09. The Morgan fingerprint density at radius 1 is 1.06 bits per heavy atom. The third-order valence-corrected chi connectivity index (χ3v) is 3.04. The van der Waals surface area contributed by atoms with Crippen molar-refractivity contribution >= 4 is 22.5 Å². The molecule has 0 aliphatic rings. The zero-order valence-corrected chi connectivity index (χ0v) is 10.6. The minimum atomic E-state index is 0.649. The van der Waals surface area contributed by atoms with Gasteiger partial charge in [0.1, 0.15) is 0 Å². The van der Waals surface area contributed by atoms with Crippen LogP contribution in [0.1, 0.15) is 5.69 Å². The lowest BCUT2D eigenvalue weighted by molar-refractivity contribution is 1.19. The Bertz CT molecular complexity index is 723. The zero-order chi connectivity index (χ0) is 12.5. The first-order chi connectivity index (χ1) is 8.74. The van der Waals surface area contributed by atoms with Crippen molar-refractivity contribution in [1.82, 2.24) is 9.97 Å². The fraction of sp³-hybridized carbons (Fsp3) is 0.0667. The van der Waals surface area contributed by atoms with E-state index in [0.29, 0.717) is 5.02 Å². The van der Waals surface area contributed by atoms with Gasteiger partial charge in [-0.1, -0.05) is 29.8 Å². The SMILES string of the molecule is Cc1cccc(-c2[c]cc3cccc(Cl)c3n2)n1. The largest absolute Gasteiger partial charge is 0.251 e. The highest BCUT2D eigenvalue weighted by Crippen LogP contribution is 2.24. The summed E-state index contributed by atoms with van der Waals surface area (Å²) >= 11 is 6.15. The molecule has 0 amide bonds. The Hall–Kier alpha value is -1.93. The van der Waals surface area contributed by atoms with E-state index in [9.17, 15) is 0 Å². The zero-order valence-electron chi connectivity index (χ0n) is 9.81. The van der Waals surface area contributed by atoms with E-state index in [2.05, 4.69) is 16.0 Å². The van der Waals surface area contributed by atoms with Crippen LogP contribution in [-0.4, -0.2) is 9.97 Å². The summed E-state index contributed by atoms with van der Waals surface area (Å²) < 4.78 is 0.